The number of aryl methyl sites for hydroxylation is 1. The fourth-order valence-electron chi connectivity index (χ4n) is 0.934. The number of hydrogen-bond acceptors (Lipinski definition) is 3. The van der Waals surface area contributed by atoms with E-state index in [1.807, 2.05) is 25.1 Å². The first-order valence-electron chi connectivity index (χ1n) is 4.69. The molecule has 0 atom stereocenters. The predicted octanol–water partition coefficient (Wildman–Crippen LogP) is 1.96. The summed E-state index contributed by atoms with van der Waals surface area (Å²) in [5, 5.41) is 0. The van der Waals surface area contributed by atoms with Crippen LogP contribution in [-0.2, 0) is 9.53 Å². The standard InChI is InChI=1S/C6H7N.C5H8O2/c1-6-4-2-3-5-7-6;1-7-5(6)4-2-3-4/h2-5H,1H3;4H,2-3H2,1H3. The summed E-state index contributed by atoms with van der Waals surface area (Å²) in [7, 11) is 1.43. The molecule has 1 fully saturated rings. The average molecular weight is 193 g/mol. The number of nitrogens with zero attached hydrogens (tertiary/aromatic N) is 1. The van der Waals surface area contributed by atoms with Crippen LogP contribution >= 0.6 is 0 Å². The molecular weight excluding hydrogens is 178 g/mol. The Morgan fingerprint density at radius 2 is 2.21 bits per heavy atom. The van der Waals surface area contributed by atoms with E-state index in [9.17, 15) is 4.79 Å². The summed E-state index contributed by atoms with van der Waals surface area (Å²) in [6.07, 6.45) is 3.86. The van der Waals surface area contributed by atoms with Crippen LogP contribution in [0.2, 0.25) is 0 Å². The molecule has 3 nitrogen and oxygen atoms in total. The highest BCUT2D eigenvalue weighted by molar-refractivity contribution is 5.74. The highest BCUT2D eigenvalue weighted by atomic mass is 16.5. The lowest BCUT2D eigenvalue weighted by Crippen LogP contribution is -2.00. The number of esters is 1. The number of aromatic nitrogens is 1. The number of rotatable bonds is 1. The van der Waals surface area contributed by atoms with Crippen LogP contribution in [0.3, 0.4) is 0 Å². The highest BCUT2D eigenvalue weighted by Gasteiger charge is 2.30. The quantitative estimate of drug-likeness (QED) is 0.640. The smallest absolute Gasteiger partial charge is 0.308 e. The fourth-order valence-corrected chi connectivity index (χ4v) is 0.934. The van der Waals surface area contributed by atoms with Crippen LogP contribution in [0.5, 0.6) is 0 Å². The highest BCUT2D eigenvalue weighted by Crippen LogP contribution is 2.29. The van der Waals surface area contributed by atoms with Crippen molar-refractivity contribution < 1.29 is 9.53 Å². The van der Waals surface area contributed by atoms with Crippen molar-refractivity contribution in [2.45, 2.75) is 19.8 Å². The number of pyridine rings is 1. The number of carbonyl (C=O) groups excluding carboxylic acids is 1. The van der Waals surface area contributed by atoms with Crippen molar-refractivity contribution in [2.24, 2.45) is 5.92 Å². The molecule has 0 aromatic carbocycles. The van der Waals surface area contributed by atoms with Crippen molar-refractivity contribution in [1.82, 2.24) is 4.98 Å². The maximum Gasteiger partial charge on any atom is 0.308 e. The first-order valence-corrected chi connectivity index (χ1v) is 4.69. The van der Waals surface area contributed by atoms with Gasteiger partial charge in [-0.05, 0) is 31.9 Å². The molecule has 1 heterocycles. The summed E-state index contributed by atoms with van der Waals surface area (Å²) >= 11 is 0. The zero-order valence-corrected chi connectivity index (χ0v) is 8.56. The van der Waals surface area contributed by atoms with Gasteiger partial charge in [0.1, 0.15) is 0 Å². The summed E-state index contributed by atoms with van der Waals surface area (Å²) in [5.74, 6) is 0.213. The van der Waals surface area contributed by atoms with Gasteiger partial charge < -0.3 is 4.74 Å². The number of ether oxygens (including phenoxy) is 1. The minimum atomic E-state index is -0.0417. The third kappa shape index (κ3) is 4.03. The summed E-state index contributed by atoms with van der Waals surface area (Å²) in [6, 6.07) is 5.86. The molecule has 1 saturated carbocycles. The first kappa shape index (κ1) is 10.7. The van der Waals surface area contributed by atoms with Crippen LogP contribution in [0.15, 0.2) is 24.4 Å². The Morgan fingerprint density at radius 1 is 1.50 bits per heavy atom. The van der Waals surface area contributed by atoms with E-state index in [2.05, 4.69) is 9.72 Å². The summed E-state index contributed by atoms with van der Waals surface area (Å²) in [6.45, 7) is 1.97. The van der Waals surface area contributed by atoms with Gasteiger partial charge >= 0.3 is 5.97 Å². The van der Waals surface area contributed by atoms with Gasteiger partial charge in [0.2, 0.25) is 0 Å². The molecule has 1 aliphatic carbocycles. The van der Waals surface area contributed by atoms with E-state index < -0.39 is 0 Å². The van der Waals surface area contributed by atoms with Crippen molar-refractivity contribution >= 4 is 5.97 Å². The average Bonchev–Trinajstić information content (AvgIpc) is 3.02. The van der Waals surface area contributed by atoms with Crippen molar-refractivity contribution in [3.05, 3.63) is 30.1 Å². The third-order valence-corrected chi connectivity index (χ3v) is 1.92. The van der Waals surface area contributed by atoms with E-state index in [1.54, 1.807) is 6.20 Å². The van der Waals surface area contributed by atoms with E-state index >= 15 is 0 Å². The van der Waals surface area contributed by atoms with Crippen LogP contribution in [0, 0.1) is 12.8 Å². The molecule has 0 aliphatic heterocycles. The van der Waals surface area contributed by atoms with Gasteiger partial charge in [0.05, 0.1) is 13.0 Å². The molecule has 0 saturated heterocycles. The molecule has 0 radical (unpaired) electrons. The molecule has 1 aromatic rings. The monoisotopic (exact) mass is 193 g/mol. The third-order valence-electron chi connectivity index (χ3n) is 1.92. The second-order valence-electron chi connectivity index (χ2n) is 3.27. The molecule has 2 rings (SSSR count). The van der Waals surface area contributed by atoms with Gasteiger partial charge in [-0.2, -0.15) is 0 Å². The molecule has 76 valence electrons. The maximum atomic E-state index is 10.4. The van der Waals surface area contributed by atoms with Crippen LogP contribution < -0.4 is 0 Å². The molecule has 0 N–H and O–H groups in total. The van der Waals surface area contributed by atoms with Gasteiger partial charge in [0.15, 0.2) is 0 Å². The van der Waals surface area contributed by atoms with Crippen molar-refractivity contribution in [3.8, 4) is 0 Å². The molecule has 14 heavy (non-hydrogen) atoms. The second kappa shape index (κ2) is 5.37. The summed E-state index contributed by atoms with van der Waals surface area (Å²) in [4.78, 5) is 14.3. The molecule has 0 spiro atoms. The van der Waals surface area contributed by atoms with E-state index in [1.165, 1.54) is 7.11 Å². The van der Waals surface area contributed by atoms with Gasteiger partial charge in [0.25, 0.3) is 0 Å². The number of carbonyl (C=O) groups is 1. The van der Waals surface area contributed by atoms with Crippen LogP contribution in [0.4, 0.5) is 0 Å². The Bertz CT molecular complexity index is 281. The Kier molecular flexibility index (Phi) is 4.11. The number of methoxy groups -OCH3 is 1. The predicted molar refractivity (Wildman–Crippen MR) is 53.7 cm³/mol. The number of hydrogen-bond donors (Lipinski definition) is 0. The van der Waals surface area contributed by atoms with Crippen molar-refractivity contribution in [3.63, 3.8) is 0 Å². The maximum absolute atomic E-state index is 10.4. The molecule has 3 heteroatoms. The van der Waals surface area contributed by atoms with Gasteiger partial charge in [-0.1, -0.05) is 6.07 Å². The van der Waals surface area contributed by atoms with Gasteiger partial charge in [0, 0.05) is 11.9 Å². The van der Waals surface area contributed by atoms with Crippen LogP contribution in [0.1, 0.15) is 18.5 Å². The van der Waals surface area contributed by atoms with Crippen LogP contribution in [-0.4, -0.2) is 18.1 Å². The minimum Gasteiger partial charge on any atom is -0.469 e. The Labute approximate surface area is 84.1 Å². The molecule has 1 aliphatic rings. The zero-order chi connectivity index (χ0) is 10.4. The van der Waals surface area contributed by atoms with Crippen molar-refractivity contribution in [1.29, 1.82) is 0 Å². The van der Waals surface area contributed by atoms with E-state index in [-0.39, 0.29) is 11.9 Å². The first-order chi connectivity index (χ1) is 6.74. The molecular formula is C11H15NO2. The molecule has 1 aromatic heterocycles. The molecule has 0 amide bonds. The van der Waals surface area contributed by atoms with Crippen molar-refractivity contribution in [2.75, 3.05) is 7.11 Å². The van der Waals surface area contributed by atoms with E-state index in [0.29, 0.717) is 0 Å². The lowest BCUT2D eigenvalue weighted by Gasteiger charge is -1.89. The lowest BCUT2D eigenvalue weighted by molar-refractivity contribution is -0.142. The second-order valence-corrected chi connectivity index (χ2v) is 3.27. The van der Waals surface area contributed by atoms with Gasteiger partial charge in [-0.3, -0.25) is 9.78 Å². The van der Waals surface area contributed by atoms with Crippen LogP contribution in [0.25, 0.3) is 0 Å². The normalized spacial score (nSPS) is 13.9. The Hall–Kier alpha value is -1.38. The minimum absolute atomic E-state index is 0.0417. The lowest BCUT2D eigenvalue weighted by atomic mass is 10.4. The fraction of sp³-hybridized carbons (Fsp3) is 0.455. The topological polar surface area (TPSA) is 39.2 Å². The zero-order valence-electron chi connectivity index (χ0n) is 8.56. The Morgan fingerprint density at radius 3 is 2.43 bits per heavy atom. The Balaban J connectivity index is 0.000000140. The largest absolute Gasteiger partial charge is 0.469 e. The molecule has 0 bridgehead atoms. The van der Waals surface area contributed by atoms with E-state index in [0.717, 1.165) is 18.5 Å². The van der Waals surface area contributed by atoms with Gasteiger partial charge in [-0.15, -0.1) is 0 Å². The van der Waals surface area contributed by atoms with Gasteiger partial charge in [-0.25, -0.2) is 0 Å². The molecule has 0 unspecified atom stereocenters. The summed E-state index contributed by atoms with van der Waals surface area (Å²) in [5.41, 5.74) is 1.07. The SMILES string of the molecule is COC(=O)C1CC1.Cc1ccccn1. The summed E-state index contributed by atoms with van der Waals surface area (Å²) < 4.78 is 4.44. The van der Waals surface area contributed by atoms with E-state index in [4.69, 9.17) is 0 Å².